The average molecular weight is 413 g/mol. The first-order valence-electron chi connectivity index (χ1n) is 9.15. The maximum absolute atomic E-state index is 13.5. The summed E-state index contributed by atoms with van der Waals surface area (Å²) in [5.41, 5.74) is 2.14. The lowest BCUT2D eigenvalue weighted by molar-refractivity contribution is 0.0387. The molecule has 0 radical (unpaired) electrons. The van der Waals surface area contributed by atoms with Crippen molar-refractivity contribution in [2.24, 2.45) is 5.16 Å². The van der Waals surface area contributed by atoms with E-state index in [4.69, 9.17) is 20.9 Å². The molecule has 0 spiro atoms. The molecule has 1 aliphatic rings. The van der Waals surface area contributed by atoms with Gasteiger partial charge in [-0.15, -0.1) is 0 Å². The van der Waals surface area contributed by atoms with Crippen LogP contribution in [0.1, 0.15) is 28.1 Å². The second-order valence-electron chi connectivity index (χ2n) is 6.73. The smallest absolute Gasteiger partial charge is 0.289 e. The number of hydrogen-bond acceptors (Lipinski definition) is 4. The molecule has 2 aromatic carbocycles. The Morgan fingerprint density at radius 3 is 2.79 bits per heavy atom. The fraction of sp³-hybridized carbons (Fsp3) is 0.182. The summed E-state index contributed by atoms with van der Waals surface area (Å²) in [7, 11) is 0. The van der Waals surface area contributed by atoms with Crippen molar-refractivity contribution in [3.63, 3.8) is 0 Å². The number of furan rings is 1. The Kier molecular flexibility index (Phi) is 5.62. The lowest BCUT2D eigenvalue weighted by Gasteiger charge is -2.24. The molecule has 0 fully saturated rings. The van der Waals surface area contributed by atoms with Gasteiger partial charge in [0.05, 0.1) is 18.5 Å². The highest BCUT2D eigenvalue weighted by atomic mass is 35.5. The van der Waals surface area contributed by atoms with Crippen LogP contribution in [0.4, 0.5) is 4.39 Å². The van der Waals surface area contributed by atoms with E-state index in [0.29, 0.717) is 29.3 Å². The maximum atomic E-state index is 13.5. The molecule has 0 saturated heterocycles. The van der Waals surface area contributed by atoms with Crippen LogP contribution in [-0.4, -0.2) is 29.2 Å². The zero-order valence-corrected chi connectivity index (χ0v) is 16.2. The molecule has 1 aromatic heterocycles. The normalized spacial score (nSPS) is 15.7. The fourth-order valence-corrected chi connectivity index (χ4v) is 3.41. The molecule has 0 aliphatic carbocycles. The zero-order chi connectivity index (χ0) is 20.2. The lowest BCUT2D eigenvalue weighted by Crippen LogP contribution is -2.37. The summed E-state index contributed by atoms with van der Waals surface area (Å²) < 4.78 is 18.8. The molecule has 1 aliphatic heterocycles. The van der Waals surface area contributed by atoms with E-state index in [1.807, 2.05) is 18.2 Å². The Bertz CT molecular complexity index is 1040. The molecule has 0 N–H and O–H groups in total. The van der Waals surface area contributed by atoms with Gasteiger partial charge in [0.2, 0.25) is 0 Å². The van der Waals surface area contributed by atoms with E-state index in [-0.39, 0.29) is 30.1 Å². The van der Waals surface area contributed by atoms with E-state index >= 15 is 0 Å². The van der Waals surface area contributed by atoms with Crippen molar-refractivity contribution in [2.45, 2.75) is 19.1 Å². The summed E-state index contributed by atoms with van der Waals surface area (Å²) >= 11 is 6.28. The summed E-state index contributed by atoms with van der Waals surface area (Å²) in [6.07, 6.45) is 1.57. The van der Waals surface area contributed by atoms with E-state index in [0.717, 1.165) is 5.56 Å². The van der Waals surface area contributed by atoms with Crippen molar-refractivity contribution in [3.05, 3.63) is 94.7 Å². The van der Waals surface area contributed by atoms with Gasteiger partial charge in [-0.2, -0.15) is 0 Å². The number of nitrogens with zero attached hydrogens (tertiary/aromatic N) is 2. The largest absolute Gasteiger partial charge is 0.459 e. The van der Waals surface area contributed by atoms with Gasteiger partial charge in [0.1, 0.15) is 5.82 Å². The SMILES string of the molecule is O=C(c1ccco1)N(Cc1ccccc1Cl)C[C@H]1CC(c2cccc(F)c2)=NO1. The number of carbonyl (C=O) groups excluding carboxylic acids is 1. The molecule has 7 heteroatoms. The highest BCUT2D eigenvalue weighted by Crippen LogP contribution is 2.22. The number of halogens is 2. The molecule has 1 amide bonds. The van der Waals surface area contributed by atoms with Crippen LogP contribution in [0.25, 0.3) is 0 Å². The number of benzene rings is 2. The van der Waals surface area contributed by atoms with Crippen LogP contribution in [0.15, 0.2) is 76.5 Å². The predicted molar refractivity (Wildman–Crippen MR) is 107 cm³/mol. The van der Waals surface area contributed by atoms with Crippen LogP contribution in [0.3, 0.4) is 0 Å². The first kappa shape index (κ1) is 19.2. The summed E-state index contributed by atoms with van der Waals surface area (Å²) in [5.74, 6) is -0.360. The molecular formula is C22H18ClFN2O3. The summed E-state index contributed by atoms with van der Waals surface area (Å²) in [6.45, 7) is 0.585. The van der Waals surface area contributed by atoms with Crippen LogP contribution >= 0.6 is 11.6 Å². The maximum Gasteiger partial charge on any atom is 0.289 e. The molecule has 0 saturated carbocycles. The zero-order valence-electron chi connectivity index (χ0n) is 15.4. The molecule has 0 unspecified atom stereocenters. The first-order valence-corrected chi connectivity index (χ1v) is 9.53. The Morgan fingerprint density at radius 2 is 2.03 bits per heavy atom. The summed E-state index contributed by atoms with van der Waals surface area (Å²) in [6, 6.07) is 16.8. The van der Waals surface area contributed by atoms with E-state index < -0.39 is 0 Å². The van der Waals surface area contributed by atoms with Crippen molar-refractivity contribution >= 4 is 23.2 Å². The van der Waals surface area contributed by atoms with Crippen molar-refractivity contribution in [3.8, 4) is 0 Å². The predicted octanol–water partition coefficient (Wildman–Crippen LogP) is 4.91. The van der Waals surface area contributed by atoms with Crippen molar-refractivity contribution in [1.82, 2.24) is 4.90 Å². The van der Waals surface area contributed by atoms with Gasteiger partial charge in [0.15, 0.2) is 11.9 Å². The Labute approximate surface area is 172 Å². The Morgan fingerprint density at radius 1 is 1.17 bits per heavy atom. The fourth-order valence-electron chi connectivity index (χ4n) is 3.22. The van der Waals surface area contributed by atoms with Gasteiger partial charge in [0, 0.05) is 23.6 Å². The van der Waals surface area contributed by atoms with Gasteiger partial charge in [-0.05, 0) is 35.9 Å². The third kappa shape index (κ3) is 4.49. The molecule has 4 rings (SSSR count). The average Bonchev–Trinajstić information content (AvgIpc) is 3.41. The topological polar surface area (TPSA) is 55.0 Å². The van der Waals surface area contributed by atoms with Gasteiger partial charge in [-0.25, -0.2) is 4.39 Å². The van der Waals surface area contributed by atoms with Crippen LogP contribution in [-0.2, 0) is 11.4 Å². The molecule has 0 bridgehead atoms. The third-order valence-corrected chi connectivity index (χ3v) is 5.02. The number of carbonyl (C=O) groups is 1. The van der Waals surface area contributed by atoms with E-state index in [1.165, 1.54) is 18.4 Å². The van der Waals surface area contributed by atoms with Crippen LogP contribution in [0, 0.1) is 5.82 Å². The summed E-state index contributed by atoms with van der Waals surface area (Å²) in [5, 5.41) is 4.67. The van der Waals surface area contributed by atoms with Crippen LogP contribution in [0.2, 0.25) is 5.02 Å². The number of rotatable bonds is 6. The molecule has 2 heterocycles. The molecule has 1 atom stereocenters. The number of hydrogen-bond donors (Lipinski definition) is 0. The molecule has 29 heavy (non-hydrogen) atoms. The quantitative estimate of drug-likeness (QED) is 0.578. The molecule has 3 aromatic rings. The van der Waals surface area contributed by atoms with Gasteiger partial charge in [0.25, 0.3) is 5.91 Å². The monoisotopic (exact) mass is 412 g/mol. The van der Waals surface area contributed by atoms with Gasteiger partial charge in [-0.3, -0.25) is 4.79 Å². The van der Waals surface area contributed by atoms with Crippen LogP contribution < -0.4 is 0 Å². The van der Waals surface area contributed by atoms with Gasteiger partial charge >= 0.3 is 0 Å². The standard InChI is InChI=1S/C22H18ClFN2O3/c23-19-8-2-1-5-16(19)13-26(22(27)21-9-4-10-28-21)14-18-12-20(25-29-18)15-6-3-7-17(24)11-15/h1-11,18H,12-14H2/t18-/m1/s1. The van der Waals surface area contributed by atoms with Crippen molar-refractivity contribution < 1.29 is 18.4 Å². The molecule has 148 valence electrons. The summed E-state index contributed by atoms with van der Waals surface area (Å²) in [4.78, 5) is 20.1. The lowest BCUT2D eigenvalue weighted by atomic mass is 10.0. The van der Waals surface area contributed by atoms with Crippen molar-refractivity contribution in [2.75, 3.05) is 6.54 Å². The highest BCUT2D eigenvalue weighted by molar-refractivity contribution is 6.31. The highest BCUT2D eigenvalue weighted by Gasteiger charge is 2.28. The molecular weight excluding hydrogens is 395 g/mol. The second kappa shape index (κ2) is 8.49. The first-order chi connectivity index (χ1) is 14.1. The number of oxime groups is 1. The minimum Gasteiger partial charge on any atom is -0.459 e. The minimum atomic E-state index is -0.352. The van der Waals surface area contributed by atoms with E-state index in [2.05, 4.69) is 5.16 Å². The van der Waals surface area contributed by atoms with Crippen molar-refractivity contribution in [1.29, 1.82) is 0 Å². The van der Waals surface area contributed by atoms with Crippen LogP contribution in [0.5, 0.6) is 0 Å². The Balaban J connectivity index is 1.50. The van der Waals surface area contributed by atoms with E-state index in [1.54, 1.807) is 35.2 Å². The third-order valence-electron chi connectivity index (χ3n) is 4.65. The second-order valence-corrected chi connectivity index (χ2v) is 7.14. The van der Waals surface area contributed by atoms with Gasteiger partial charge < -0.3 is 14.2 Å². The number of amides is 1. The minimum absolute atomic E-state index is 0.237. The Hall–Kier alpha value is -3.12. The molecule has 5 nitrogen and oxygen atoms in total. The van der Waals surface area contributed by atoms with E-state index in [9.17, 15) is 9.18 Å². The van der Waals surface area contributed by atoms with Gasteiger partial charge in [-0.1, -0.05) is 47.1 Å².